The predicted molar refractivity (Wildman–Crippen MR) is 82.7 cm³/mol. The van der Waals surface area contributed by atoms with E-state index in [0.29, 0.717) is 12.1 Å². The fourth-order valence-electron chi connectivity index (χ4n) is 2.85. The third kappa shape index (κ3) is 3.95. The number of nitrogens with one attached hydrogen (secondary N) is 1. The van der Waals surface area contributed by atoms with Gasteiger partial charge in [-0.05, 0) is 57.0 Å². The van der Waals surface area contributed by atoms with Gasteiger partial charge in [0, 0.05) is 23.7 Å². The van der Waals surface area contributed by atoms with Crippen molar-refractivity contribution in [3.63, 3.8) is 0 Å². The van der Waals surface area contributed by atoms with E-state index in [9.17, 15) is 0 Å². The van der Waals surface area contributed by atoms with Gasteiger partial charge in [-0.25, -0.2) is 0 Å². The van der Waals surface area contributed by atoms with Gasteiger partial charge in [-0.1, -0.05) is 30.7 Å². The van der Waals surface area contributed by atoms with Crippen LogP contribution in [0.3, 0.4) is 0 Å². The maximum Gasteiger partial charge on any atom is 0.0409 e. The van der Waals surface area contributed by atoms with Crippen molar-refractivity contribution in [1.29, 1.82) is 0 Å². The maximum atomic E-state index is 6.08. The van der Waals surface area contributed by atoms with Crippen LogP contribution in [-0.4, -0.2) is 31.1 Å². The van der Waals surface area contributed by atoms with Crippen molar-refractivity contribution in [2.75, 3.05) is 20.1 Å². The Morgan fingerprint density at radius 1 is 1.47 bits per heavy atom. The van der Waals surface area contributed by atoms with Crippen molar-refractivity contribution in [2.24, 2.45) is 5.92 Å². The average Bonchev–Trinajstić information content (AvgIpc) is 2.40. The third-order valence-corrected chi connectivity index (χ3v) is 4.64. The molecule has 1 aromatic carbocycles. The molecular weight excluding hydrogens is 256 g/mol. The molecule has 1 saturated heterocycles. The first-order valence-electron chi connectivity index (χ1n) is 7.27. The van der Waals surface area contributed by atoms with Crippen molar-refractivity contribution >= 4 is 11.6 Å². The minimum absolute atomic E-state index is 0.398. The minimum Gasteiger partial charge on any atom is -0.312 e. The summed E-state index contributed by atoms with van der Waals surface area (Å²) >= 11 is 6.08. The van der Waals surface area contributed by atoms with E-state index in [1.165, 1.54) is 18.4 Å². The van der Waals surface area contributed by atoms with E-state index >= 15 is 0 Å². The van der Waals surface area contributed by atoms with Crippen LogP contribution in [0.25, 0.3) is 0 Å². The Kier molecular flexibility index (Phi) is 5.26. The summed E-state index contributed by atoms with van der Waals surface area (Å²) in [6, 6.07) is 9.20. The molecule has 1 heterocycles. The molecule has 2 rings (SSSR count). The zero-order chi connectivity index (χ0) is 13.8. The maximum absolute atomic E-state index is 6.08. The second-order valence-electron chi connectivity index (χ2n) is 5.85. The number of hydrogen-bond acceptors (Lipinski definition) is 2. The van der Waals surface area contributed by atoms with Gasteiger partial charge in [0.1, 0.15) is 0 Å². The van der Waals surface area contributed by atoms with Crippen LogP contribution in [0.5, 0.6) is 0 Å². The van der Waals surface area contributed by atoms with E-state index in [4.69, 9.17) is 11.6 Å². The minimum atomic E-state index is 0.398. The summed E-state index contributed by atoms with van der Waals surface area (Å²) in [5.41, 5.74) is 1.29. The van der Waals surface area contributed by atoms with Crippen LogP contribution in [0, 0.1) is 5.92 Å². The molecule has 1 aromatic rings. The molecule has 0 saturated carbocycles. The number of benzene rings is 1. The highest BCUT2D eigenvalue weighted by molar-refractivity contribution is 6.30. The fraction of sp³-hybridized carbons (Fsp3) is 0.625. The highest BCUT2D eigenvalue weighted by Gasteiger charge is 2.23. The van der Waals surface area contributed by atoms with Crippen LogP contribution in [0.4, 0.5) is 0 Å². The van der Waals surface area contributed by atoms with Gasteiger partial charge >= 0.3 is 0 Å². The fourth-order valence-corrected chi connectivity index (χ4v) is 3.05. The standard InChI is InChI=1S/C16H25ClN2/c1-12-6-5-9-18-16(12)11-19(3)13(2)14-7-4-8-15(17)10-14/h4,7-8,10,12-13,16,18H,5-6,9,11H2,1-3H3. The first-order valence-corrected chi connectivity index (χ1v) is 7.65. The number of piperidine rings is 1. The van der Waals surface area contributed by atoms with E-state index in [0.717, 1.165) is 24.0 Å². The lowest BCUT2D eigenvalue weighted by Gasteiger charge is -2.35. The normalized spacial score (nSPS) is 25.5. The molecular formula is C16H25ClN2. The molecule has 3 atom stereocenters. The van der Waals surface area contributed by atoms with Crippen molar-refractivity contribution < 1.29 is 0 Å². The lowest BCUT2D eigenvalue weighted by Crippen LogP contribution is -2.47. The largest absolute Gasteiger partial charge is 0.312 e. The summed E-state index contributed by atoms with van der Waals surface area (Å²) in [7, 11) is 2.20. The molecule has 0 spiro atoms. The van der Waals surface area contributed by atoms with Crippen LogP contribution in [-0.2, 0) is 0 Å². The molecule has 3 unspecified atom stereocenters. The number of nitrogens with zero attached hydrogens (tertiary/aromatic N) is 1. The van der Waals surface area contributed by atoms with E-state index in [-0.39, 0.29) is 0 Å². The quantitative estimate of drug-likeness (QED) is 0.904. The number of halogens is 1. The van der Waals surface area contributed by atoms with Crippen LogP contribution in [0.15, 0.2) is 24.3 Å². The van der Waals surface area contributed by atoms with Gasteiger partial charge in [0.2, 0.25) is 0 Å². The molecule has 3 heteroatoms. The molecule has 1 N–H and O–H groups in total. The van der Waals surface area contributed by atoms with Crippen molar-refractivity contribution in [3.05, 3.63) is 34.9 Å². The van der Waals surface area contributed by atoms with Crippen LogP contribution >= 0.6 is 11.6 Å². The SMILES string of the molecule is CC1CCCNC1CN(C)C(C)c1cccc(Cl)c1. The zero-order valence-corrected chi connectivity index (χ0v) is 13.0. The number of rotatable bonds is 4. The van der Waals surface area contributed by atoms with E-state index in [2.05, 4.69) is 43.2 Å². The first kappa shape index (κ1) is 14.8. The smallest absolute Gasteiger partial charge is 0.0409 e. The molecule has 0 radical (unpaired) electrons. The molecule has 0 bridgehead atoms. The van der Waals surface area contributed by atoms with Crippen LogP contribution in [0.1, 0.15) is 38.3 Å². The summed E-state index contributed by atoms with van der Waals surface area (Å²) in [5.74, 6) is 0.766. The molecule has 19 heavy (non-hydrogen) atoms. The lowest BCUT2D eigenvalue weighted by molar-refractivity contribution is 0.183. The van der Waals surface area contributed by atoms with Crippen LogP contribution < -0.4 is 5.32 Å². The Bertz CT molecular complexity index is 407. The average molecular weight is 281 g/mol. The summed E-state index contributed by atoms with van der Waals surface area (Å²) in [6.45, 7) is 6.86. The molecule has 1 aliphatic rings. The second-order valence-corrected chi connectivity index (χ2v) is 6.29. The molecule has 1 aliphatic heterocycles. The number of hydrogen-bond donors (Lipinski definition) is 1. The van der Waals surface area contributed by atoms with Gasteiger partial charge in [0.15, 0.2) is 0 Å². The Labute approximate surface area is 122 Å². The number of likely N-dealkylation sites (N-methyl/N-ethyl adjacent to an activating group) is 1. The van der Waals surface area contributed by atoms with Gasteiger partial charge in [-0.15, -0.1) is 0 Å². The van der Waals surface area contributed by atoms with Gasteiger partial charge in [0.05, 0.1) is 0 Å². The topological polar surface area (TPSA) is 15.3 Å². The Balaban J connectivity index is 1.97. The van der Waals surface area contributed by atoms with Gasteiger partial charge in [-0.2, -0.15) is 0 Å². The molecule has 2 nitrogen and oxygen atoms in total. The van der Waals surface area contributed by atoms with E-state index in [1.807, 2.05) is 12.1 Å². The monoisotopic (exact) mass is 280 g/mol. The van der Waals surface area contributed by atoms with Crippen molar-refractivity contribution in [1.82, 2.24) is 10.2 Å². The molecule has 0 aromatic heterocycles. The van der Waals surface area contributed by atoms with Crippen molar-refractivity contribution in [2.45, 2.75) is 38.8 Å². The zero-order valence-electron chi connectivity index (χ0n) is 12.2. The van der Waals surface area contributed by atoms with Crippen LogP contribution in [0.2, 0.25) is 5.02 Å². The molecule has 1 fully saturated rings. The predicted octanol–water partition coefficient (Wildman–Crippen LogP) is 3.72. The van der Waals surface area contributed by atoms with Crippen molar-refractivity contribution in [3.8, 4) is 0 Å². The van der Waals surface area contributed by atoms with E-state index in [1.54, 1.807) is 0 Å². The van der Waals surface area contributed by atoms with Gasteiger partial charge in [0.25, 0.3) is 0 Å². The Morgan fingerprint density at radius 2 is 2.26 bits per heavy atom. The highest BCUT2D eigenvalue weighted by atomic mass is 35.5. The van der Waals surface area contributed by atoms with Gasteiger partial charge < -0.3 is 5.32 Å². The summed E-state index contributed by atoms with van der Waals surface area (Å²) in [6.07, 6.45) is 2.66. The third-order valence-electron chi connectivity index (χ3n) is 4.41. The summed E-state index contributed by atoms with van der Waals surface area (Å²) in [5, 5.41) is 4.47. The molecule has 0 amide bonds. The first-order chi connectivity index (χ1) is 9.08. The summed E-state index contributed by atoms with van der Waals surface area (Å²) in [4.78, 5) is 2.42. The molecule has 0 aliphatic carbocycles. The summed E-state index contributed by atoms with van der Waals surface area (Å²) < 4.78 is 0. The second kappa shape index (κ2) is 6.74. The molecule has 106 valence electrons. The Hall–Kier alpha value is -0.570. The highest BCUT2D eigenvalue weighted by Crippen LogP contribution is 2.24. The lowest BCUT2D eigenvalue weighted by atomic mass is 9.92. The Morgan fingerprint density at radius 3 is 2.95 bits per heavy atom. The van der Waals surface area contributed by atoms with E-state index < -0.39 is 0 Å². The van der Waals surface area contributed by atoms with Gasteiger partial charge in [-0.3, -0.25) is 4.90 Å².